The van der Waals surface area contributed by atoms with Crippen molar-refractivity contribution in [2.45, 2.75) is 125 Å². The van der Waals surface area contributed by atoms with Crippen LogP contribution in [0, 0.1) is 46.3 Å². The highest BCUT2D eigenvalue weighted by molar-refractivity contribution is 5.27. The number of aliphatic hydroxyl groups is 2. The van der Waals surface area contributed by atoms with E-state index >= 15 is 0 Å². The van der Waals surface area contributed by atoms with Gasteiger partial charge in [-0.2, -0.15) is 0 Å². The molecule has 4 aliphatic carbocycles. The highest BCUT2D eigenvalue weighted by Gasteiger charge is 2.61. The minimum absolute atomic E-state index is 0.200. The van der Waals surface area contributed by atoms with E-state index < -0.39 is 0 Å². The molecule has 2 heteroatoms. The van der Waals surface area contributed by atoms with E-state index in [2.05, 4.69) is 40.7 Å². The summed E-state index contributed by atoms with van der Waals surface area (Å²) in [7, 11) is 0. The molecule has 31 heavy (non-hydrogen) atoms. The summed E-state index contributed by atoms with van der Waals surface area (Å²) in [5, 5.41) is 21.5. The SMILES string of the molecule is CC.CC(C)CCCC(C)C1CCC2C3C(O)C=C4CC(O)CCC4(C)C3CCC12C. The summed E-state index contributed by atoms with van der Waals surface area (Å²) < 4.78 is 0. The Bertz CT molecular complexity index is 624. The quantitative estimate of drug-likeness (QED) is 0.445. The molecule has 0 aromatic heterocycles. The third kappa shape index (κ3) is 4.54. The van der Waals surface area contributed by atoms with Crippen molar-refractivity contribution in [2.24, 2.45) is 46.3 Å². The summed E-state index contributed by atoms with van der Waals surface area (Å²) in [6.07, 6.45) is 13.9. The molecule has 9 atom stereocenters. The fourth-order valence-corrected chi connectivity index (χ4v) is 8.65. The van der Waals surface area contributed by atoms with Gasteiger partial charge in [0.1, 0.15) is 0 Å². The number of fused-ring (bicyclic) bond motifs is 5. The van der Waals surface area contributed by atoms with Crippen LogP contribution >= 0.6 is 0 Å². The Balaban J connectivity index is 0.00000132. The highest BCUT2D eigenvalue weighted by Crippen LogP contribution is 2.67. The zero-order valence-electron chi connectivity index (χ0n) is 21.7. The average molecular weight is 433 g/mol. The Morgan fingerprint density at radius 1 is 0.935 bits per heavy atom. The third-order valence-electron chi connectivity index (χ3n) is 10.3. The molecule has 0 bridgehead atoms. The van der Waals surface area contributed by atoms with Crippen LogP contribution in [0.5, 0.6) is 0 Å². The molecule has 0 spiro atoms. The molecule has 180 valence electrons. The molecule has 0 saturated heterocycles. The third-order valence-corrected chi connectivity index (χ3v) is 10.3. The lowest BCUT2D eigenvalue weighted by Gasteiger charge is -2.59. The van der Waals surface area contributed by atoms with Gasteiger partial charge in [0.2, 0.25) is 0 Å². The van der Waals surface area contributed by atoms with E-state index in [1.165, 1.54) is 50.5 Å². The minimum Gasteiger partial charge on any atom is -0.393 e. The van der Waals surface area contributed by atoms with Gasteiger partial charge in [0.25, 0.3) is 0 Å². The summed E-state index contributed by atoms with van der Waals surface area (Å²) in [5.41, 5.74) is 1.99. The van der Waals surface area contributed by atoms with Crippen molar-refractivity contribution in [1.29, 1.82) is 0 Å². The molecule has 0 aliphatic heterocycles. The number of rotatable bonds is 5. The van der Waals surface area contributed by atoms with E-state index in [1.807, 2.05) is 13.8 Å². The molecule has 3 saturated carbocycles. The largest absolute Gasteiger partial charge is 0.393 e. The summed E-state index contributed by atoms with van der Waals surface area (Å²) >= 11 is 0. The van der Waals surface area contributed by atoms with E-state index in [0.717, 1.165) is 37.0 Å². The molecule has 9 unspecified atom stereocenters. The fraction of sp³-hybridized carbons (Fsp3) is 0.931. The van der Waals surface area contributed by atoms with Gasteiger partial charge in [0.15, 0.2) is 0 Å². The van der Waals surface area contributed by atoms with Gasteiger partial charge in [-0.05, 0) is 91.3 Å². The van der Waals surface area contributed by atoms with Gasteiger partial charge in [-0.15, -0.1) is 0 Å². The first-order chi connectivity index (χ1) is 14.7. The topological polar surface area (TPSA) is 40.5 Å². The smallest absolute Gasteiger partial charge is 0.0757 e. The number of aliphatic hydroxyl groups excluding tert-OH is 2. The maximum atomic E-state index is 11.3. The van der Waals surface area contributed by atoms with Gasteiger partial charge in [-0.25, -0.2) is 0 Å². The van der Waals surface area contributed by atoms with Crippen LogP contribution < -0.4 is 0 Å². The second-order valence-electron chi connectivity index (χ2n) is 12.3. The summed E-state index contributed by atoms with van der Waals surface area (Å²) in [6, 6.07) is 0. The van der Waals surface area contributed by atoms with E-state index in [4.69, 9.17) is 0 Å². The molecule has 4 aliphatic rings. The molecule has 3 fully saturated rings. The molecule has 0 radical (unpaired) electrons. The van der Waals surface area contributed by atoms with Crippen LogP contribution in [0.2, 0.25) is 0 Å². The van der Waals surface area contributed by atoms with Crippen molar-refractivity contribution in [1.82, 2.24) is 0 Å². The van der Waals surface area contributed by atoms with Crippen LogP contribution in [-0.2, 0) is 0 Å². The van der Waals surface area contributed by atoms with E-state index in [-0.39, 0.29) is 17.6 Å². The van der Waals surface area contributed by atoms with Gasteiger partial charge in [-0.1, -0.05) is 79.4 Å². The van der Waals surface area contributed by atoms with Gasteiger partial charge in [-0.3, -0.25) is 0 Å². The normalized spacial score (nSPS) is 45.0. The van der Waals surface area contributed by atoms with Gasteiger partial charge in [0.05, 0.1) is 12.2 Å². The molecule has 0 heterocycles. The Labute approximate surface area is 193 Å². The lowest BCUT2D eigenvalue weighted by Crippen LogP contribution is -2.54. The van der Waals surface area contributed by atoms with Crippen molar-refractivity contribution in [2.75, 3.05) is 0 Å². The lowest BCUT2D eigenvalue weighted by atomic mass is 9.46. The molecule has 2 N–H and O–H groups in total. The zero-order valence-corrected chi connectivity index (χ0v) is 21.7. The Morgan fingerprint density at radius 2 is 1.65 bits per heavy atom. The lowest BCUT2D eigenvalue weighted by molar-refractivity contribution is -0.0970. The van der Waals surface area contributed by atoms with Crippen molar-refractivity contribution < 1.29 is 10.2 Å². The number of hydrogen-bond donors (Lipinski definition) is 2. The van der Waals surface area contributed by atoms with E-state index in [9.17, 15) is 10.2 Å². The summed E-state index contributed by atoms with van der Waals surface area (Å²) in [4.78, 5) is 0. The first-order valence-corrected chi connectivity index (χ1v) is 13.7. The minimum atomic E-state index is -0.298. The van der Waals surface area contributed by atoms with Gasteiger partial charge >= 0.3 is 0 Å². The molecular weight excluding hydrogens is 380 g/mol. The molecule has 0 aromatic rings. The Morgan fingerprint density at radius 3 is 2.32 bits per heavy atom. The standard InChI is InChI=1S/C27H46O2.C2H6/c1-17(2)7-6-8-18(3)21-9-10-22-25-23(12-14-27(21,22)5)26(4)13-11-20(28)15-19(26)16-24(25)29;1-2/h16-18,20-25,28-29H,6-15H2,1-5H3;1-2H3. The van der Waals surface area contributed by atoms with E-state index in [0.29, 0.717) is 23.2 Å². The van der Waals surface area contributed by atoms with Gasteiger partial charge in [0, 0.05) is 0 Å². The first kappa shape index (κ1) is 25.3. The van der Waals surface area contributed by atoms with Crippen molar-refractivity contribution in [3.8, 4) is 0 Å². The number of hydrogen-bond acceptors (Lipinski definition) is 2. The first-order valence-electron chi connectivity index (χ1n) is 13.7. The van der Waals surface area contributed by atoms with Crippen LogP contribution in [0.4, 0.5) is 0 Å². The monoisotopic (exact) mass is 432 g/mol. The molecular formula is C29H52O2. The maximum absolute atomic E-state index is 11.3. The maximum Gasteiger partial charge on any atom is 0.0757 e. The predicted molar refractivity (Wildman–Crippen MR) is 132 cm³/mol. The van der Waals surface area contributed by atoms with Crippen LogP contribution in [0.25, 0.3) is 0 Å². The molecule has 0 aromatic carbocycles. The Kier molecular flexibility index (Phi) is 8.06. The molecule has 2 nitrogen and oxygen atoms in total. The van der Waals surface area contributed by atoms with Crippen LogP contribution in [-0.4, -0.2) is 22.4 Å². The van der Waals surface area contributed by atoms with Crippen molar-refractivity contribution in [3.05, 3.63) is 11.6 Å². The summed E-state index contributed by atoms with van der Waals surface area (Å²) in [5.74, 6) is 4.18. The second-order valence-corrected chi connectivity index (χ2v) is 12.3. The highest BCUT2D eigenvalue weighted by atomic mass is 16.3. The summed E-state index contributed by atoms with van der Waals surface area (Å²) in [6.45, 7) is 16.2. The Hall–Kier alpha value is -0.340. The predicted octanol–water partition coefficient (Wildman–Crippen LogP) is 7.39. The van der Waals surface area contributed by atoms with Gasteiger partial charge < -0.3 is 10.2 Å². The van der Waals surface area contributed by atoms with Crippen LogP contribution in [0.15, 0.2) is 11.6 Å². The zero-order chi connectivity index (χ0) is 23.0. The van der Waals surface area contributed by atoms with Crippen LogP contribution in [0.1, 0.15) is 113 Å². The average Bonchev–Trinajstić information content (AvgIpc) is 3.08. The van der Waals surface area contributed by atoms with Crippen LogP contribution in [0.3, 0.4) is 0 Å². The molecule has 0 amide bonds. The van der Waals surface area contributed by atoms with E-state index in [1.54, 1.807) is 0 Å². The second kappa shape index (κ2) is 9.88. The van der Waals surface area contributed by atoms with Crippen molar-refractivity contribution >= 4 is 0 Å². The molecule has 4 rings (SSSR count). The fourth-order valence-electron chi connectivity index (χ4n) is 8.65. The van der Waals surface area contributed by atoms with Crippen molar-refractivity contribution in [3.63, 3.8) is 0 Å².